The van der Waals surface area contributed by atoms with E-state index >= 15 is 0 Å². The number of nitrogens with zero attached hydrogens (tertiary/aromatic N) is 3. The lowest BCUT2D eigenvalue weighted by Gasteiger charge is -2.37. The Morgan fingerprint density at radius 2 is 1.77 bits per heavy atom. The summed E-state index contributed by atoms with van der Waals surface area (Å²) in [5.74, 6) is -0.234. The summed E-state index contributed by atoms with van der Waals surface area (Å²) in [5, 5.41) is 11.0. The molecule has 4 unspecified atom stereocenters. The molecule has 1 amide bonds. The van der Waals surface area contributed by atoms with Crippen LogP contribution in [0.2, 0.25) is 0 Å². The molecule has 2 aliphatic carbocycles. The Bertz CT molecular complexity index is 1440. The SMILES string of the molecule is Cc1nnc(C2CC2C2(C(=O)NCc3cc(F)cc(C(F)(F)F)c3)CCC(N3CCC(c4ccc(F)cc4)CC3)C2)o1.Cl. The fraction of sp³-hybridized carbons (Fsp3) is 0.516. The normalized spacial score (nSPS) is 26.2. The molecule has 0 bridgehead atoms. The fourth-order valence-corrected chi connectivity index (χ4v) is 7.22. The Morgan fingerprint density at radius 3 is 2.42 bits per heavy atom. The molecule has 1 aromatic heterocycles. The Balaban J connectivity index is 0.00000368. The van der Waals surface area contributed by atoms with Gasteiger partial charge in [-0.3, -0.25) is 4.79 Å². The van der Waals surface area contributed by atoms with E-state index < -0.39 is 23.0 Å². The van der Waals surface area contributed by atoms with Crippen LogP contribution in [0.5, 0.6) is 0 Å². The average molecular weight is 625 g/mol. The van der Waals surface area contributed by atoms with E-state index in [1.165, 1.54) is 12.1 Å². The van der Waals surface area contributed by atoms with Gasteiger partial charge in [-0.1, -0.05) is 12.1 Å². The van der Waals surface area contributed by atoms with E-state index in [2.05, 4.69) is 20.4 Å². The molecular weight excluding hydrogens is 591 g/mol. The molecule has 2 heterocycles. The number of piperidine rings is 1. The number of rotatable bonds is 7. The van der Waals surface area contributed by atoms with Gasteiger partial charge in [0, 0.05) is 25.4 Å². The lowest BCUT2D eigenvalue weighted by Crippen LogP contribution is -2.44. The summed E-state index contributed by atoms with van der Waals surface area (Å²) >= 11 is 0. The lowest BCUT2D eigenvalue weighted by molar-refractivity contribution is -0.137. The van der Waals surface area contributed by atoms with Gasteiger partial charge in [-0.05, 0) is 105 Å². The van der Waals surface area contributed by atoms with Crippen LogP contribution in [0.3, 0.4) is 0 Å². The first-order valence-electron chi connectivity index (χ1n) is 14.5. The highest BCUT2D eigenvalue weighted by molar-refractivity contribution is 5.85. The number of carbonyl (C=O) groups is 1. The zero-order chi connectivity index (χ0) is 29.6. The largest absolute Gasteiger partial charge is 0.425 e. The third-order valence-corrected chi connectivity index (χ3v) is 9.46. The maximum absolute atomic E-state index is 14.0. The molecule has 3 aliphatic rings. The maximum atomic E-state index is 14.0. The molecule has 6 rings (SSSR count). The van der Waals surface area contributed by atoms with Gasteiger partial charge in [0.1, 0.15) is 11.6 Å². The van der Waals surface area contributed by atoms with Gasteiger partial charge in [0.2, 0.25) is 17.7 Å². The Hall–Kier alpha value is -3.05. The number of aryl methyl sites for hydroxylation is 1. The minimum atomic E-state index is -4.69. The third kappa shape index (κ3) is 6.57. The predicted octanol–water partition coefficient (Wildman–Crippen LogP) is 6.94. The van der Waals surface area contributed by atoms with Crippen molar-refractivity contribution in [2.75, 3.05) is 13.1 Å². The van der Waals surface area contributed by atoms with Crippen molar-refractivity contribution in [3.8, 4) is 0 Å². The summed E-state index contributed by atoms with van der Waals surface area (Å²) < 4.78 is 72.8. The van der Waals surface area contributed by atoms with Gasteiger partial charge < -0.3 is 14.6 Å². The molecule has 12 heteroatoms. The molecule has 4 atom stereocenters. The van der Waals surface area contributed by atoms with Crippen molar-refractivity contribution >= 4 is 18.3 Å². The molecule has 1 aliphatic heterocycles. The Morgan fingerprint density at radius 1 is 1.05 bits per heavy atom. The van der Waals surface area contributed by atoms with E-state index in [-0.39, 0.29) is 54.1 Å². The molecule has 1 saturated heterocycles. The Labute approximate surface area is 252 Å². The summed E-state index contributed by atoms with van der Waals surface area (Å²) in [4.78, 5) is 16.4. The second-order valence-electron chi connectivity index (χ2n) is 12.1. The van der Waals surface area contributed by atoms with Crippen molar-refractivity contribution in [3.05, 3.63) is 82.6 Å². The summed E-state index contributed by atoms with van der Waals surface area (Å²) in [5.41, 5.74) is -0.632. The molecule has 1 N–H and O–H groups in total. The monoisotopic (exact) mass is 624 g/mol. The number of aromatic nitrogens is 2. The number of halogens is 6. The van der Waals surface area contributed by atoms with E-state index in [9.17, 15) is 26.7 Å². The smallest absolute Gasteiger partial charge is 0.416 e. The second-order valence-corrected chi connectivity index (χ2v) is 12.1. The molecule has 3 aromatic rings. The van der Waals surface area contributed by atoms with Crippen LogP contribution in [0, 0.1) is 29.9 Å². The first kappa shape index (κ1) is 31.4. The van der Waals surface area contributed by atoms with Gasteiger partial charge in [-0.25, -0.2) is 8.78 Å². The first-order chi connectivity index (χ1) is 20.0. The second kappa shape index (κ2) is 12.1. The highest BCUT2D eigenvalue weighted by atomic mass is 35.5. The van der Waals surface area contributed by atoms with Crippen molar-refractivity contribution in [1.82, 2.24) is 20.4 Å². The fourth-order valence-electron chi connectivity index (χ4n) is 7.22. The van der Waals surface area contributed by atoms with Crippen LogP contribution in [0.25, 0.3) is 0 Å². The van der Waals surface area contributed by atoms with E-state index in [0.717, 1.165) is 50.0 Å². The molecule has 2 aromatic carbocycles. The van der Waals surface area contributed by atoms with Gasteiger partial charge >= 0.3 is 6.18 Å². The highest BCUT2D eigenvalue weighted by Crippen LogP contribution is 2.63. The van der Waals surface area contributed by atoms with Crippen LogP contribution in [-0.2, 0) is 17.5 Å². The van der Waals surface area contributed by atoms with Crippen molar-refractivity contribution in [2.45, 2.75) is 76.0 Å². The zero-order valence-corrected chi connectivity index (χ0v) is 24.5. The van der Waals surface area contributed by atoms with Crippen LogP contribution in [-0.4, -0.2) is 40.1 Å². The molecule has 3 fully saturated rings. The van der Waals surface area contributed by atoms with Gasteiger partial charge in [0.15, 0.2) is 0 Å². The topological polar surface area (TPSA) is 71.3 Å². The first-order valence-corrected chi connectivity index (χ1v) is 14.5. The third-order valence-electron chi connectivity index (χ3n) is 9.46. The van der Waals surface area contributed by atoms with Crippen molar-refractivity contribution in [3.63, 3.8) is 0 Å². The molecule has 0 radical (unpaired) electrons. The Kier molecular flexibility index (Phi) is 8.87. The van der Waals surface area contributed by atoms with Gasteiger partial charge in [-0.2, -0.15) is 13.2 Å². The number of amides is 1. The average Bonchev–Trinajstić information content (AvgIpc) is 3.44. The van der Waals surface area contributed by atoms with E-state index in [1.54, 1.807) is 6.92 Å². The van der Waals surface area contributed by atoms with Crippen LogP contribution >= 0.6 is 12.4 Å². The van der Waals surface area contributed by atoms with Gasteiger partial charge in [0.05, 0.1) is 11.0 Å². The lowest BCUT2D eigenvalue weighted by atomic mass is 9.78. The molecule has 2 saturated carbocycles. The number of hydrogen-bond acceptors (Lipinski definition) is 5. The molecule has 0 spiro atoms. The predicted molar refractivity (Wildman–Crippen MR) is 150 cm³/mol. The summed E-state index contributed by atoms with van der Waals surface area (Å²) in [7, 11) is 0. The molecular formula is C31H34ClF5N4O2. The van der Waals surface area contributed by atoms with Crippen LogP contribution < -0.4 is 5.32 Å². The van der Waals surface area contributed by atoms with Crippen molar-refractivity contribution < 1.29 is 31.2 Å². The van der Waals surface area contributed by atoms with E-state index in [4.69, 9.17) is 4.42 Å². The van der Waals surface area contributed by atoms with E-state index in [1.807, 2.05) is 12.1 Å². The summed E-state index contributed by atoms with van der Waals surface area (Å²) in [6, 6.07) is 9.22. The van der Waals surface area contributed by atoms with E-state index in [0.29, 0.717) is 43.0 Å². The van der Waals surface area contributed by atoms with Crippen molar-refractivity contribution in [2.24, 2.45) is 11.3 Å². The number of carbonyl (C=O) groups excluding carboxylic acids is 1. The molecule has 232 valence electrons. The minimum absolute atomic E-state index is 0. The van der Waals surface area contributed by atoms with Crippen LogP contribution in [0.15, 0.2) is 46.9 Å². The number of hydrogen-bond donors (Lipinski definition) is 1. The number of benzene rings is 2. The van der Waals surface area contributed by atoms with Crippen molar-refractivity contribution in [1.29, 1.82) is 0 Å². The summed E-state index contributed by atoms with van der Waals surface area (Å²) in [6.45, 7) is 3.24. The van der Waals surface area contributed by atoms with Crippen LogP contribution in [0.1, 0.15) is 78.8 Å². The minimum Gasteiger partial charge on any atom is -0.425 e. The number of nitrogens with one attached hydrogen (secondary N) is 1. The summed E-state index contributed by atoms with van der Waals surface area (Å²) in [6.07, 6.45) is -0.0245. The quantitative estimate of drug-likeness (QED) is 0.289. The molecule has 43 heavy (non-hydrogen) atoms. The maximum Gasteiger partial charge on any atom is 0.416 e. The number of likely N-dealkylation sites (tertiary alicyclic amines) is 1. The van der Waals surface area contributed by atoms with Crippen LogP contribution in [0.4, 0.5) is 22.0 Å². The van der Waals surface area contributed by atoms with Gasteiger partial charge in [-0.15, -0.1) is 22.6 Å². The highest BCUT2D eigenvalue weighted by Gasteiger charge is 2.61. The molecule has 6 nitrogen and oxygen atoms in total. The van der Waals surface area contributed by atoms with Gasteiger partial charge in [0.25, 0.3) is 0 Å². The number of alkyl halides is 3. The standard InChI is InChI=1S/C31H33F5N4O2.ClH/c1-18-38-39-28(42-18)26-15-27(26)30(29(41)37-17-19-12-22(31(34,35)36)14-24(33)13-19)9-6-25(16-30)40-10-7-21(8-11-40)20-2-4-23(32)5-3-20;/h2-5,12-14,21,25-27H,6-11,15-17H2,1H3,(H,37,41);1H. The zero-order valence-electron chi connectivity index (χ0n) is 23.7.